The fourth-order valence-electron chi connectivity index (χ4n) is 1.72. The molecule has 0 spiro atoms. The Labute approximate surface area is 130 Å². The second-order valence-electron chi connectivity index (χ2n) is 4.28. The van der Waals surface area contributed by atoms with E-state index in [9.17, 15) is 9.59 Å². The van der Waals surface area contributed by atoms with Gasteiger partial charge in [0.05, 0.1) is 5.52 Å². The first-order chi connectivity index (χ1) is 11.0. The molecule has 1 aromatic heterocycles. The molecule has 0 fully saturated rings. The number of ether oxygens (including phenoxy) is 1. The molecule has 1 heterocycles. The number of hydrogen-bond donors (Lipinski definition) is 3. The summed E-state index contributed by atoms with van der Waals surface area (Å²) in [5, 5.41) is 20.9. The fraction of sp³-hybridized carbons (Fsp3) is 0.0667. The van der Waals surface area contributed by atoms with Gasteiger partial charge in [-0.15, -0.1) is 0 Å². The maximum absolute atomic E-state index is 10.9. The Kier molecular flexibility index (Phi) is 4.88. The smallest absolute Gasteiger partial charge is 0.344 e. The summed E-state index contributed by atoms with van der Waals surface area (Å²) in [5.74, 6) is -2.90. The number of nitrogens with one attached hydrogen (secondary N) is 1. The van der Waals surface area contributed by atoms with Gasteiger partial charge in [0.2, 0.25) is 0 Å². The normalized spacial score (nSPS) is 9.91. The molecule has 3 N–H and O–H groups in total. The van der Waals surface area contributed by atoms with Gasteiger partial charge in [0, 0.05) is 11.6 Å². The van der Waals surface area contributed by atoms with Crippen molar-refractivity contribution in [3.8, 4) is 6.01 Å². The lowest BCUT2D eigenvalue weighted by Crippen LogP contribution is -2.13. The van der Waals surface area contributed by atoms with Gasteiger partial charge >= 0.3 is 17.9 Å². The highest BCUT2D eigenvalue weighted by molar-refractivity contribution is 6.12. The van der Waals surface area contributed by atoms with Crippen molar-refractivity contribution < 1.29 is 24.5 Å². The largest absolute Gasteiger partial charge is 0.477 e. The Morgan fingerprint density at radius 3 is 2.57 bits per heavy atom. The molecule has 1 aromatic carbocycles. The molecule has 0 aliphatic heterocycles. The van der Waals surface area contributed by atoms with Crippen LogP contribution in [0.2, 0.25) is 0 Å². The van der Waals surface area contributed by atoms with E-state index in [1.54, 1.807) is 24.3 Å². The van der Waals surface area contributed by atoms with Crippen LogP contribution in [0.25, 0.3) is 10.9 Å². The zero-order valence-corrected chi connectivity index (χ0v) is 11.9. The number of hydrogen-bond acceptors (Lipinski definition) is 6. The van der Waals surface area contributed by atoms with Crippen LogP contribution in [0.1, 0.15) is 0 Å². The third-order valence-corrected chi connectivity index (χ3v) is 2.73. The molecule has 0 aliphatic carbocycles. The van der Waals surface area contributed by atoms with Gasteiger partial charge in [0.1, 0.15) is 12.4 Å². The standard InChI is InChI=1S/C15H13N3O5/c1-2-7-23-15-17-11-6-4-3-5-9(11)12(18-15)16-8-10(13(19)20)14(21)22/h2-6,8H,1,7H2,(H,19,20)(H,21,22)(H,16,17,18). The molecular weight excluding hydrogens is 302 g/mol. The van der Waals surface area contributed by atoms with Gasteiger partial charge in [-0.3, -0.25) is 0 Å². The monoisotopic (exact) mass is 315 g/mol. The van der Waals surface area contributed by atoms with Crippen molar-refractivity contribution in [2.75, 3.05) is 11.9 Å². The Bertz CT molecular complexity index is 785. The Morgan fingerprint density at radius 2 is 1.91 bits per heavy atom. The number of para-hydroxylation sites is 1. The first kappa shape index (κ1) is 16.0. The van der Waals surface area contributed by atoms with Crippen molar-refractivity contribution in [1.82, 2.24) is 9.97 Å². The zero-order valence-electron chi connectivity index (χ0n) is 11.9. The van der Waals surface area contributed by atoms with Gasteiger partial charge in [0.15, 0.2) is 5.57 Å². The predicted octanol–water partition coefficient (Wildman–Crippen LogP) is 1.66. The summed E-state index contributed by atoms with van der Waals surface area (Å²) in [7, 11) is 0. The summed E-state index contributed by atoms with van der Waals surface area (Å²) in [5.41, 5.74) is -0.258. The number of nitrogens with zero attached hydrogens (tertiary/aromatic N) is 2. The number of aromatic nitrogens is 2. The number of fused-ring (bicyclic) bond motifs is 1. The van der Waals surface area contributed by atoms with Crippen LogP contribution in [0.5, 0.6) is 6.01 Å². The average Bonchev–Trinajstić information content (AvgIpc) is 2.52. The summed E-state index contributed by atoms with van der Waals surface area (Å²) < 4.78 is 5.27. The molecule has 8 nitrogen and oxygen atoms in total. The molecule has 2 aromatic rings. The summed E-state index contributed by atoms with van der Waals surface area (Å²) in [4.78, 5) is 30.1. The molecule has 0 radical (unpaired) electrons. The van der Waals surface area contributed by atoms with Gasteiger partial charge < -0.3 is 20.3 Å². The number of anilines is 1. The Balaban J connectivity index is 2.45. The second kappa shape index (κ2) is 7.03. The van der Waals surface area contributed by atoms with E-state index in [0.29, 0.717) is 10.9 Å². The minimum Gasteiger partial charge on any atom is -0.477 e. The predicted molar refractivity (Wildman–Crippen MR) is 82.2 cm³/mol. The van der Waals surface area contributed by atoms with E-state index in [1.807, 2.05) is 0 Å². The molecule has 2 rings (SSSR count). The lowest BCUT2D eigenvalue weighted by Gasteiger charge is -2.08. The van der Waals surface area contributed by atoms with Gasteiger partial charge in [0.25, 0.3) is 0 Å². The van der Waals surface area contributed by atoms with Crippen molar-refractivity contribution >= 4 is 28.7 Å². The van der Waals surface area contributed by atoms with Crippen molar-refractivity contribution in [3.05, 3.63) is 48.7 Å². The van der Waals surface area contributed by atoms with Crippen molar-refractivity contribution in [1.29, 1.82) is 0 Å². The molecule has 0 atom stereocenters. The van der Waals surface area contributed by atoms with Crippen LogP contribution in [0.3, 0.4) is 0 Å². The quantitative estimate of drug-likeness (QED) is 0.305. The Morgan fingerprint density at radius 1 is 1.22 bits per heavy atom. The zero-order chi connectivity index (χ0) is 16.8. The summed E-state index contributed by atoms with van der Waals surface area (Å²) in [6, 6.07) is 7.02. The van der Waals surface area contributed by atoms with Gasteiger partial charge in [-0.1, -0.05) is 24.8 Å². The number of carboxylic acid groups (broad SMARTS) is 2. The van der Waals surface area contributed by atoms with Crippen LogP contribution in [-0.2, 0) is 9.59 Å². The highest BCUT2D eigenvalue weighted by Gasteiger charge is 2.16. The second-order valence-corrected chi connectivity index (χ2v) is 4.28. The van der Waals surface area contributed by atoms with Crippen molar-refractivity contribution in [2.24, 2.45) is 0 Å². The molecule has 23 heavy (non-hydrogen) atoms. The summed E-state index contributed by atoms with van der Waals surface area (Å²) in [6.45, 7) is 3.72. The first-order valence-electron chi connectivity index (χ1n) is 6.46. The molecule has 0 bridgehead atoms. The number of rotatable bonds is 7. The van der Waals surface area contributed by atoms with Crippen molar-refractivity contribution in [3.63, 3.8) is 0 Å². The highest BCUT2D eigenvalue weighted by atomic mass is 16.5. The van der Waals surface area contributed by atoms with Crippen LogP contribution in [-0.4, -0.2) is 38.7 Å². The molecule has 8 heteroatoms. The minimum absolute atomic E-state index is 0.0618. The van der Waals surface area contributed by atoms with Crippen LogP contribution in [0, 0.1) is 0 Å². The molecule has 0 saturated heterocycles. The fourth-order valence-corrected chi connectivity index (χ4v) is 1.72. The maximum atomic E-state index is 10.9. The molecular formula is C15H13N3O5. The first-order valence-corrected chi connectivity index (χ1v) is 6.46. The van der Waals surface area contributed by atoms with Crippen LogP contribution in [0.15, 0.2) is 48.7 Å². The van der Waals surface area contributed by atoms with Gasteiger partial charge in [-0.2, -0.15) is 9.97 Å². The van der Waals surface area contributed by atoms with E-state index in [1.165, 1.54) is 6.08 Å². The third-order valence-electron chi connectivity index (χ3n) is 2.73. The van der Waals surface area contributed by atoms with Gasteiger partial charge in [-0.05, 0) is 12.1 Å². The van der Waals surface area contributed by atoms with Crippen LogP contribution >= 0.6 is 0 Å². The van der Waals surface area contributed by atoms with Gasteiger partial charge in [-0.25, -0.2) is 9.59 Å². The minimum atomic E-state index is -1.56. The lowest BCUT2D eigenvalue weighted by molar-refractivity contribution is -0.140. The topological polar surface area (TPSA) is 122 Å². The SMILES string of the molecule is C=CCOc1nc(NC=C(C(=O)O)C(=O)O)c2ccccc2n1. The Hall–Kier alpha value is -3.42. The van der Waals surface area contributed by atoms with Crippen LogP contribution < -0.4 is 10.1 Å². The summed E-state index contributed by atoms with van der Waals surface area (Å²) >= 11 is 0. The number of aliphatic carboxylic acids is 2. The summed E-state index contributed by atoms with van der Waals surface area (Å²) in [6.07, 6.45) is 2.38. The number of carbonyl (C=O) groups is 2. The van der Waals surface area contributed by atoms with Crippen molar-refractivity contribution in [2.45, 2.75) is 0 Å². The third kappa shape index (κ3) is 3.82. The van der Waals surface area contributed by atoms with E-state index in [2.05, 4.69) is 21.9 Å². The number of carboxylic acids is 2. The molecule has 0 aliphatic rings. The van der Waals surface area contributed by atoms with E-state index >= 15 is 0 Å². The van der Waals surface area contributed by atoms with E-state index in [4.69, 9.17) is 14.9 Å². The molecule has 0 unspecified atom stereocenters. The van der Waals surface area contributed by atoms with E-state index < -0.39 is 17.5 Å². The average molecular weight is 315 g/mol. The van der Waals surface area contributed by atoms with E-state index in [0.717, 1.165) is 6.20 Å². The molecule has 0 saturated carbocycles. The molecule has 118 valence electrons. The van der Waals surface area contributed by atoms with E-state index in [-0.39, 0.29) is 18.4 Å². The highest BCUT2D eigenvalue weighted by Crippen LogP contribution is 2.23. The number of benzene rings is 1. The maximum Gasteiger partial charge on any atom is 0.344 e. The molecule has 0 amide bonds. The van der Waals surface area contributed by atoms with Crippen LogP contribution in [0.4, 0.5) is 5.82 Å². The lowest BCUT2D eigenvalue weighted by atomic mass is 10.2.